The number of nitrogens with zero attached hydrogens (tertiary/aromatic N) is 1. The highest BCUT2D eigenvalue weighted by atomic mass is 35.5. The molecule has 0 aliphatic carbocycles. The lowest BCUT2D eigenvalue weighted by atomic mass is 10.1. The monoisotopic (exact) mass is 415 g/mol. The molecular weight excluding hydrogens is 398 g/mol. The average Bonchev–Trinajstić information content (AvgIpc) is 3.19. The highest BCUT2D eigenvalue weighted by Crippen LogP contribution is 2.32. The molecule has 7 heteroatoms. The quantitative estimate of drug-likeness (QED) is 0.390. The van der Waals surface area contributed by atoms with E-state index in [1.807, 2.05) is 41.8 Å². The number of thiazole rings is 1. The summed E-state index contributed by atoms with van der Waals surface area (Å²) in [7, 11) is 3.11. The van der Waals surface area contributed by atoms with E-state index >= 15 is 0 Å². The Morgan fingerprint density at radius 1 is 1.14 bits per heavy atom. The van der Waals surface area contributed by atoms with Gasteiger partial charge in [0.05, 0.1) is 24.9 Å². The van der Waals surface area contributed by atoms with Gasteiger partial charge >= 0.3 is 5.97 Å². The fraction of sp³-hybridized carbons (Fsp3) is 0.143. The van der Waals surface area contributed by atoms with Crippen LogP contribution >= 0.6 is 22.9 Å². The summed E-state index contributed by atoms with van der Waals surface area (Å²) in [6.45, 7) is 0.0827. The molecule has 5 nitrogen and oxygen atoms in total. The lowest BCUT2D eigenvalue weighted by molar-refractivity contribution is -0.139. The first-order valence-corrected chi connectivity index (χ1v) is 9.63. The molecule has 0 bridgehead atoms. The van der Waals surface area contributed by atoms with Crippen molar-refractivity contribution in [3.05, 3.63) is 70.2 Å². The molecule has 0 N–H and O–H groups in total. The summed E-state index contributed by atoms with van der Waals surface area (Å²) in [5.74, 6) is 0.669. The predicted octanol–water partition coefficient (Wildman–Crippen LogP) is 5.24. The number of halogens is 1. The first kappa shape index (κ1) is 19.9. The standard InChI is InChI=1S/C21H18ClNO4S/c1-25-18-9-5-6-14(20(18)26-2)10-11-19(24)27-12-15-13-28-21(23-15)16-7-3-4-8-17(16)22/h3-11,13H,12H2,1-2H3/b11-10+. The summed E-state index contributed by atoms with van der Waals surface area (Å²) in [4.78, 5) is 16.5. The molecule has 1 heterocycles. The van der Waals surface area contributed by atoms with E-state index < -0.39 is 5.97 Å². The summed E-state index contributed by atoms with van der Waals surface area (Å²) < 4.78 is 15.9. The van der Waals surface area contributed by atoms with Crippen molar-refractivity contribution < 1.29 is 19.0 Å². The molecule has 3 rings (SSSR count). The Balaban J connectivity index is 1.63. The number of esters is 1. The van der Waals surface area contributed by atoms with Gasteiger partial charge in [-0.05, 0) is 18.2 Å². The summed E-state index contributed by atoms with van der Waals surface area (Å²) in [5.41, 5.74) is 2.24. The minimum absolute atomic E-state index is 0.0827. The van der Waals surface area contributed by atoms with Crippen LogP contribution in [0, 0.1) is 0 Å². The molecule has 0 amide bonds. The number of ether oxygens (including phenoxy) is 3. The van der Waals surface area contributed by atoms with Crippen LogP contribution in [0.25, 0.3) is 16.6 Å². The maximum atomic E-state index is 12.0. The molecule has 0 saturated heterocycles. The second-order valence-corrected chi connectivity index (χ2v) is 6.91. The Hall–Kier alpha value is -2.83. The molecule has 0 saturated carbocycles. The van der Waals surface area contributed by atoms with E-state index in [0.717, 1.165) is 10.6 Å². The molecule has 2 aromatic carbocycles. The van der Waals surface area contributed by atoms with Crippen LogP contribution in [-0.2, 0) is 16.1 Å². The van der Waals surface area contributed by atoms with E-state index in [0.29, 0.717) is 27.8 Å². The lowest BCUT2D eigenvalue weighted by Crippen LogP contribution is -2.01. The molecular formula is C21H18ClNO4S. The van der Waals surface area contributed by atoms with E-state index in [9.17, 15) is 4.79 Å². The Morgan fingerprint density at radius 3 is 2.71 bits per heavy atom. The summed E-state index contributed by atoms with van der Waals surface area (Å²) >= 11 is 7.65. The Kier molecular flexibility index (Phi) is 6.68. The highest BCUT2D eigenvalue weighted by Gasteiger charge is 2.10. The van der Waals surface area contributed by atoms with Crippen molar-refractivity contribution in [1.82, 2.24) is 4.98 Å². The zero-order valence-corrected chi connectivity index (χ0v) is 16.9. The first-order valence-electron chi connectivity index (χ1n) is 8.37. The largest absolute Gasteiger partial charge is 0.493 e. The molecule has 0 unspecified atom stereocenters. The zero-order valence-electron chi connectivity index (χ0n) is 15.3. The van der Waals surface area contributed by atoms with Crippen LogP contribution < -0.4 is 9.47 Å². The van der Waals surface area contributed by atoms with Crippen LogP contribution in [0.15, 0.2) is 53.9 Å². The minimum atomic E-state index is -0.475. The molecule has 0 aliphatic rings. The average molecular weight is 416 g/mol. The molecule has 3 aromatic rings. The van der Waals surface area contributed by atoms with E-state index in [-0.39, 0.29) is 6.61 Å². The molecule has 0 aliphatic heterocycles. The lowest BCUT2D eigenvalue weighted by Gasteiger charge is -2.09. The number of aromatic nitrogens is 1. The molecule has 144 valence electrons. The fourth-order valence-electron chi connectivity index (χ4n) is 2.53. The number of carbonyl (C=O) groups is 1. The zero-order chi connectivity index (χ0) is 19.9. The number of para-hydroxylation sites is 1. The van der Waals surface area contributed by atoms with Gasteiger partial charge in [-0.2, -0.15) is 0 Å². The number of benzene rings is 2. The van der Waals surface area contributed by atoms with Crippen molar-refractivity contribution in [2.75, 3.05) is 14.2 Å². The molecule has 0 radical (unpaired) electrons. The summed E-state index contributed by atoms with van der Waals surface area (Å²) in [5, 5.41) is 3.27. The second kappa shape index (κ2) is 9.39. The van der Waals surface area contributed by atoms with E-state index in [2.05, 4.69) is 4.98 Å². The van der Waals surface area contributed by atoms with Crippen LogP contribution in [-0.4, -0.2) is 25.2 Å². The van der Waals surface area contributed by atoms with E-state index in [4.69, 9.17) is 25.8 Å². The van der Waals surface area contributed by atoms with Crippen LogP contribution in [0.1, 0.15) is 11.3 Å². The Morgan fingerprint density at radius 2 is 1.96 bits per heavy atom. The molecule has 0 spiro atoms. The van der Waals surface area contributed by atoms with E-state index in [1.54, 1.807) is 26.4 Å². The van der Waals surface area contributed by atoms with Crippen LogP contribution in [0.5, 0.6) is 11.5 Å². The van der Waals surface area contributed by atoms with Gasteiger partial charge in [-0.25, -0.2) is 9.78 Å². The van der Waals surface area contributed by atoms with Gasteiger partial charge in [0.1, 0.15) is 11.6 Å². The van der Waals surface area contributed by atoms with Gasteiger partial charge in [-0.3, -0.25) is 0 Å². The number of hydrogen-bond donors (Lipinski definition) is 0. The topological polar surface area (TPSA) is 57.7 Å². The molecule has 1 aromatic heterocycles. The van der Waals surface area contributed by atoms with Crippen molar-refractivity contribution in [2.45, 2.75) is 6.61 Å². The minimum Gasteiger partial charge on any atom is -0.493 e. The summed E-state index contributed by atoms with van der Waals surface area (Å²) in [6, 6.07) is 12.9. The predicted molar refractivity (Wildman–Crippen MR) is 111 cm³/mol. The van der Waals surface area contributed by atoms with Gasteiger partial charge in [-0.1, -0.05) is 41.9 Å². The smallest absolute Gasteiger partial charge is 0.331 e. The summed E-state index contributed by atoms with van der Waals surface area (Å²) in [6.07, 6.45) is 2.97. The van der Waals surface area contributed by atoms with Crippen molar-refractivity contribution in [3.8, 4) is 22.1 Å². The second-order valence-electron chi connectivity index (χ2n) is 5.65. The van der Waals surface area contributed by atoms with Gasteiger partial charge in [0, 0.05) is 22.6 Å². The van der Waals surface area contributed by atoms with Gasteiger partial charge in [-0.15, -0.1) is 11.3 Å². The molecule has 0 atom stereocenters. The van der Waals surface area contributed by atoms with Crippen LogP contribution in [0.4, 0.5) is 0 Å². The normalized spacial score (nSPS) is 10.8. The maximum Gasteiger partial charge on any atom is 0.331 e. The molecule has 28 heavy (non-hydrogen) atoms. The van der Waals surface area contributed by atoms with E-state index in [1.165, 1.54) is 17.4 Å². The van der Waals surface area contributed by atoms with Crippen molar-refractivity contribution >= 4 is 35.0 Å². The van der Waals surface area contributed by atoms with Crippen LogP contribution in [0.2, 0.25) is 5.02 Å². The SMILES string of the molecule is COc1cccc(/C=C/C(=O)OCc2csc(-c3ccccc3Cl)n2)c1OC. The highest BCUT2D eigenvalue weighted by molar-refractivity contribution is 7.13. The fourth-order valence-corrected chi connectivity index (χ4v) is 3.65. The molecule has 0 fully saturated rings. The Bertz CT molecular complexity index is 1000. The van der Waals surface area contributed by atoms with Crippen molar-refractivity contribution in [2.24, 2.45) is 0 Å². The Labute approximate surface area is 172 Å². The number of rotatable bonds is 7. The van der Waals surface area contributed by atoms with Gasteiger partial charge in [0.25, 0.3) is 0 Å². The third kappa shape index (κ3) is 4.71. The van der Waals surface area contributed by atoms with Gasteiger partial charge in [0.2, 0.25) is 0 Å². The van der Waals surface area contributed by atoms with Crippen molar-refractivity contribution in [1.29, 1.82) is 0 Å². The maximum absolute atomic E-state index is 12.0. The van der Waals surface area contributed by atoms with Crippen molar-refractivity contribution in [3.63, 3.8) is 0 Å². The third-order valence-electron chi connectivity index (χ3n) is 3.85. The number of methoxy groups -OCH3 is 2. The van der Waals surface area contributed by atoms with Gasteiger partial charge in [0.15, 0.2) is 11.5 Å². The van der Waals surface area contributed by atoms with Gasteiger partial charge < -0.3 is 14.2 Å². The third-order valence-corrected chi connectivity index (χ3v) is 5.10. The first-order chi connectivity index (χ1) is 13.6. The van der Waals surface area contributed by atoms with Crippen LogP contribution in [0.3, 0.4) is 0 Å². The number of carbonyl (C=O) groups excluding carboxylic acids is 1. The number of hydrogen-bond acceptors (Lipinski definition) is 6.